The number of ether oxygens (including phenoxy) is 2. The lowest BCUT2D eigenvalue weighted by molar-refractivity contribution is -0.132. The van der Waals surface area contributed by atoms with Crippen molar-refractivity contribution in [1.82, 2.24) is 30.2 Å². The van der Waals surface area contributed by atoms with Crippen molar-refractivity contribution in [3.05, 3.63) is 91.1 Å². The fourth-order valence-corrected chi connectivity index (χ4v) is 6.61. The van der Waals surface area contributed by atoms with Crippen LogP contribution in [0, 0.1) is 4.91 Å². The molecular weight excluding hydrogens is 636 g/mol. The van der Waals surface area contributed by atoms with Gasteiger partial charge < -0.3 is 35.5 Å². The first-order valence-corrected chi connectivity index (χ1v) is 15.8. The Labute approximate surface area is 280 Å². The molecule has 3 heterocycles. The zero-order valence-electron chi connectivity index (χ0n) is 27.2. The molecule has 0 unspecified atom stereocenters. The lowest BCUT2D eigenvalue weighted by Crippen LogP contribution is -2.28. The van der Waals surface area contributed by atoms with Crippen LogP contribution in [-0.2, 0) is 28.1 Å². The molecule has 1 aliphatic rings. The zero-order valence-corrected chi connectivity index (χ0v) is 28.0. The van der Waals surface area contributed by atoms with Crippen LogP contribution in [0.1, 0.15) is 54.1 Å². The second-order valence-electron chi connectivity index (χ2n) is 11.8. The number of aliphatic carboxylic acids is 1. The van der Waals surface area contributed by atoms with Gasteiger partial charge in [0.05, 0.1) is 12.9 Å². The van der Waals surface area contributed by atoms with E-state index in [1.54, 1.807) is 0 Å². The number of benzene rings is 1. The number of fused-ring (bicyclic) bond motifs is 2. The van der Waals surface area contributed by atoms with Crippen LogP contribution >= 0.6 is 11.3 Å². The number of anilines is 1. The molecule has 250 valence electrons. The number of nitrogens with two attached hydrogens (primary N) is 1. The summed E-state index contributed by atoms with van der Waals surface area (Å²) >= 11 is 1.44. The molecule has 48 heavy (non-hydrogen) atoms. The molecular formula is C33H36N8O6S. The topological polar surface area (TPSA) is 198 Å². The van der Waals surface area contributed by atoms with E-state index >= 15 is 0 Å². The number of hydrogen-bond acceptors (Lipinski definition) is 12. The van der Waals surface area contributed by atoms with E-state index in [-0.39, 0.29) is 24.6 Å². The van der Waals surface area contributed by atoms with Gasteiger partial charge in [0, 0.05) is 34.5 Å². The fraction of sp³-hybridized carbons (Fsp3) is 0.303. The Morgan fingerprint density at radius 1 is 1.19 bits per heavy atom. The average molecular weight is 673 g/mol. The smallest absolute Gasteiger partial charge is 0.407 e. The number of nitrogen functional groups attached to an aromatic ring is 1. The molecule has 0 saturated heterocycles. The number of carboxylic acid groups (broad SMARTS) is 1. The summed E-state index contributed by atoms with van der Waals surface area (Å²) in [5.41, 5.74) is 12.0. The third-order valence-corrected chi connectivity index (χ3v) is 9.36. The standard InChI is InChI=1S/C33H36N8O6S/c1-18(12-23-19(2)27-24(33(23,3)4)13-22(48-27)14-25(40-45)30(42)43)41(5)10-11-46-32(44)35-15-20-6-8-21(9-7-20)16-47-29-26-28(37-17-36-26)38-31(34)39-29/h6-9,12-14,17H,10-11,15-16H2,1-5H3,(H,35,44)(H,42,43)(H3,34,36,37,38,39)/b18-12+,25-14+. The summed E-state index contributed by atoms with van der Waals surface area (Å²) in [7, 11) is 1.94. The minimum atomic E-state index is -1.36. The molecule has 1 aliphatic carbocycles. The number of aromatic amines is 1. The highest BCUT2D eigenvalue weighted by molar-refractivity contribution is 7.14. The minimum Gasteiger partial charge on any atom is -0.476 e. The Balaban J connectivity index is 1.09. The summed E-state index contributed by atoms with van der Waals surface area (Å²) in [6.45, 7) is 9.52. The Bertz CT molecular complexity index is 1960. The number of aromatic nitrogens is 4. The van der Waals surface area contributed by atoms with Crippen LogP contribution in [0.3, 0.4) is 0 Å². The van der Waals surface area contributed by atoms with Gasteiger partial charge >= 0.3 is 12.1 Å². The molecule has 1 amide bonds. The van der Waals surface area contributed by atoms with E-state index < -0.39 is 17.8 Å². The predicted molar refractivity (Wildman–Crippen MR) is 183 cm³/mol. The zero-order chi connectivity index (χ0) is 34.6. The molecule has 0 bridgehead atoms. The largest absolute Gasteiger partial charge is 0.476 e. The van der Waals surface area contributed by atoms with Crippen molar-refractivity contribution in [2.75, 3.05) is 25.9 Å². The van der Waals surface area contributed by atoms with Gasteiger partial charge in [-0.25, -0.2) is 14.6 Å². The number of nitrogens with one attached hydrogen (secondary N) is 2. The molecule has 0 atom stereocenters. The van der Waals surface area contributed by atoms with Gasteiger partial charge in [-0.1, -0.05) is 38.1 Å². The average Bonchev–Trinajstić information content (AvgIpc) is 3.75. The van der Waals surface area contributed by atoms with Crippen LogP contribution in [0.5, 0.6) is 5.88 Å². The van der Waals surface area contributed by atoms with Crippen molar-refractivity contribution in [2.24, 2.45) is 5.18 Å². The predicted octanol–water partition coefficient (Wildman–Crippen LogP) is 5.59. The van der Waals surface area contributed by atoms with Crippen molar-refractivity contribution in [3.8, 4) is 5.88 Å². The number of alkyl carbamates (subject to hydrolysis) is 1. The number of amides is 1. The third kappa shape index (κ3) is 7.36. The third-order valence-electron chi connectivity index (χ3n) is 8.15. The number of carbonyl (C=O) groups excluding carboxylic acids is 1. The van der Waals surface area contributed by atoms with Crippen molar-refractivity contribution in [1.29, 1.82) is 0 Å². The minimum absolute atomic E-state index is 0.0900. The maximum Gasteiger partial charge on any atom is 0.407 e. The molecule has 1 aromatic carbocycles. The molecule has 15 heteroatoms. The molecule has 3 aromatic heterocycles. The van der Waals surface area contributed by atoms with E-state index in [0.717, 1.165) is 38.4 Å². The van der Waals surface area contributed by atoms with Crippen LogP contribution in [0.4, 0.5) is 10.7 Å². The van der Waals surface area contributed by atoms with Gasteiger partial charge in [0.25, 0.3) is 0 Å². The van der Waals surface area contributed by atoms with Gasteiger partial charge in [0.1, 0.15) is 13.2 Å². The number of likely N-dealkylation sites (N-methyl/N-ethyl adjacent to an activating group) is 1. The molecule has 0 aliphatic heterocycles. The summed E-state index contributed by atoms with van der Waals surface area (Å²) in [4.78, 5) is 53.5. The quantitative estimate of drug-likeness (QED) is 0.102. The number of allylic oxidation sites excluding steroid dienone is 4. The highest BCUT2D eigenvalue weighted by atomic mass is 32.1. The number of hydrogen-bond donors (Lipinski definition) is 4. The van der Waals surface area contributed by atoms with Crippen LogP contribution in [0.25, 0.3) is 22.8 Å². The maximum absolute atomic E-state index is 12.4. The van der Waals surface area contributed by atoms with Crippen molar-refractivity contribution < 1.29 is 24.2 Å². The van der Waals surface area contributed by atoms with Gasteiger partial charge in [0.2, 0.25) is 11.8 Å². The first-order valence-electron chi connectivity index (χ1n) is 15.0. The second kappa shape index (κ2) is 14.0. The number of imidazole rings is 1. The van der Waals surface area contributed by atoms with E-state index in [2.05, 4.69) is 50.4 Å². The SMILES string of the molecule is CC1=C(/C=C(\C)N(C)CCOC(=O)NCc2ccc(COc3nc(N)nc4[nH]cnc34)cc2)C(C)(C)c2cc(/C=C(/N=O)C(=O)O)sc21. The molecule has 5 rings (SSSR count). The van der Waals surface area contributed by atoms with Gasteiger partial charge in [0.15, 0.2) is 16.9 Å². The summed E-state index contributed by atoms with van der Waals surface area (Å²) in [6.07, 6.45) is 4.42. The monoisotopic (exact) mass is 672 g/mol. The number of carboxylic acids is 1. The van der Waals surface area contributed by atoms with E-state index in [1.807, 2.05) is 56.1 Å². The number of thiophene rings is 1. The highest BCUT2D eigenvalue weighted by Crippen LogP contribution is 2.50. The van der Waals surface area contributed by atoms with E-state index in [4.69, 9.17) is 20.3 Å². The lowest BCUT2D eigenvalue weighted by Gasteiger charge is -2.25. The van der Waals surface area contributed by atoms with Crippen molar-refractivity contribution in [3.63, 3.8) is 0 Å². The molecule has 0 spiro atoms. The molecule has 5 N–H and O–H groups in total. The number of nitrogens with zero attached hydrogens (tertiary/aromatic N) is 5. The first kappa shape index (κ1) is 33.8. The van der Waals surface area contributed by atoms with E-state index in [9.17, 15) is 14.5 Å². The Morgan fingerprint density at radius 3 is 2.60 bits per heavy atom. The van der Waals surface area contributed by atoms with Gasteiger partial charge in [-0.3, -0.25) is 0 Å². The van der Waals surface area contributed by atoms with Gasteiger partial charge in [-0.2, -0.15) is 9.97 Å². The van der Waals surface area contributed by atoms with Crippen LogP contribution in [-0.4, -0.2) is 62.2 Å². The first-order chi connectivity index (χ1) is 22.9. The summed E-state index contributed by atoms with van der Waals surface area (Å²) < 4.78 is 11.2. The highest BCUT2D eigenvalue weighted by Gasteiger charge is 2.37. The van der Waals surface area contributed by atoms with Crippen molar-refractivity contribution >= 4 is 52.2 Å². The van der Waals surface area contributed by atoms with Gasteiger partial charge in [-0.15, -0.1) is 16.2 Å². The lowest BCUT2D eigenvalue weighted by atomic mass is 9.81. The van der Waals surface area contributed by atoms with Crippen LogP contribution < -0.4 is 15.8 Å². The molecule has 0 fully saturated rings. The number of nitroso groups, excluding NO2 is 1. The van der Waals surface area contributed by atoms with Crippen molar-refractivity contribution in [2.45, 2.75) is 46.3 Å². The molecule has 14 nitrogen and oxygen atoms in total. The number of carbonyl (C=O) groups is 2. The summed E-state index contributed by atoms with van der Waals surface area (Å²) in [5.74, 6) is -0.968. The molecule has 4 aromatic rings. The summed E-state index contributed by atoms with van der Waals surface area (Å²) in [6, 6.07) is 9.51. The summed E-state index contributed by atoms with van der Waals surface area (Å²) in [5, 5.41) is 14.5. The van der Waals surface area contributed by atoms with E-state index in [1.165, 1.54) is 23.7 Å². The maximum atomic E-state index is 12.4. The van der Waals surface area contributed by atoms with Gasteiger partial charge in [-0.05, 0) is 65.1 Å². The normalized spacial score (nSPS) is 14.2. The second-order valence-corrected chi connectivity index (χ2v) is 12.9. The molecule has 0 radical (unpaired) electrons. The Kier molecular flexibility index (Phi) is 9.89. The number of rotatable bonds is 13. The molecule has 0 saturated carbocycles. The Hall–Kier alpha value is -5.57. The fourth-order valence-electron chi connectivity index (χ4n) is 5.34. The Morgan fingerprint density at radius 2 is 1.92 bits per heavy atom. The van der Waals surface area contributed by atoms with Crippen LogP contribution in [0.15, 0.2) is 64.9 Å². The van der Waals surface area contributed by atoms with Crippen LogP contribution in [0.2, 0.25) is 0 Å². The number of H-pyrrole nitrogens is 1. The van der Waals surface area contributed by atoms with E-state index in [0.29, 0.717) is 35.0 Å².